The van der Waals surface area contributed by atoms with Crippen LogP contribution in [0.3, 0.4) is 0 Å². The van der Waals surface area contributed by atoms with Gasteiger partial charge in [-0.1, -0.05) is 6.07 Å². The minimum absolute atomic E-state index is 0.0921. The van der Waals surface area contributed by atoms with Crippen LogP contribution in [0.4, 0.5) is 18.9 Å². The number of aryl methyl sites for hydroxylation is 1. The number of carbonyl (C=O) groups is 1. The third kappa shape index (κ3) is 3.96. The summed E-state index contributed by atoms with van der Waals surface area (Å²) in [4.78, 5) is 11.9. The normalized spacial score (nSPS) is 22.2. The zero-order valence-corrected chi connectivity index (χ0v) is 12.2. The van der Waals surface area contributed by atoms with Gasteiger partial charge in [-0.15, -0.1) is 13.2 Å². The van der Waals surface area contributed by atoms with Crippen LogP contribution >= 0.6 is 15.9 Å². The van der Waals surface area contributed by atoms with Crippen LogP contribution < -0.4 is 5.32 Å². The predicted octanol–water partition coefficient (Wildman–Crippen LogP) is 4.01. The summed E-state index contributed by atoms with van der Waals surface area (Å²) in [5, 5.41) is 2.70. The van der Waals surface area contributed by atoms with Crippen molar-refractivity contribution < 1.29 is 22.7 Å². The number of ether oxygens (including phenoxy) is 1. The maximum absolute atomic E-state index is 12.0. The standard InChI is InChI=1S/C13H13BrF3NO2/c1-7-2-3-11(10(14)4-7)18-12(19)8-5-9(6-8)20-13(15,16)17/h2-4,8-9H,5-6H2,1H3,(H,18,19). The lowest BCUT2D eigenvalue weighted by atomic mass is 9.81. The number of amides is 1. The van der Waals surface area contributed by atoms with E-state index in [1.165, 1.54) is 0 Å². The van der Waals surface area contributed by atoms with Crippen molar-refractivity contribution in [3.05, 3.63) is 28.2 Å². The smallest absolute Gasteiger partial charge is 0.325 e. The molecule has 0 aliphatic heterocycles. The van der Waals surface area contributed by atoms with Gasteiger partial charge in [-0.2, -0.15) is 0 Å². The lowest BCUT2D eigenvalue weighted by Gasteiger charge is -2.34. The van der Waals surface area contributed by atoms with E-state index in [4.69, 9.17) is 0 Å². The number of benzene rings is 1. The first-order chi connectivity index (χ1) is 9.24. The van der Waals surface area contributed by atoms with Gasteiger partial charge in [0, 0.05) is 10.4 Å². The van der Waals surface area contributed by atoms with E-state index in [9.17, 15) is 18.0 Å². The van der Waals surface area contributed by atoms with Gasteiger partial charge in [0.2, 0.25) is 5.91 Å². The summed E-state index contributed by atoms with van der Waals surface area (Å²) in [6.45, 7) is 1.92. The van der Waals surface area contributed by atoms with E-state index in [-0.39, 0.29) is 18.7 Å². The summed E-state index contributed by atoms with van der Waals surface area (Å²) in [7, 11) is 0. The predicted molar refractivity (Wildman–Crippen MR) is 71.2 cm³/mol. The molecule has 1 amide bonds. The number of hydrogen-bond donors (Lipinski definition) is 1. The van der Waals surface area contributed by atoms with Crippen LogP contribution in [0, 0.1) is 12.8 Å². The van der Waals surface area contributed by atoms with Gasteiger partial charge in [0.05, 0.1) is 11.8 Å². The fraction of sp³-hybridized carbons (Fsp3) is 0.462. The third-order valence-electron chi connectivity index (χ3n) is 3.15. The van der Waals surface area contributed by atoms with E-state index in [0.717, 1.165) is 10.0 Å². The molecule has 0 radical (unpaired) electrons. The van der Waals surface area contributed by atoms with Crippen LogP contribution in [0.2, 0.25) is 0 Å². The molecular weight excluding hydrogens is 339 g/mol. The number of carbonyl (C=O) groups excluding carboxylic acids is 1. The van der Waals surface area contributed by atoms with Crippen molar-refractivity contribution in [1.29, 1.82) is 0 Å². The number of anilines is 1. The lowest BCUT2D eigenvalue weighted by molar-refractivity contribution is -0.353. The molecule has 20 heavy (non-hydrogen) atoms. The monoisotopic (exact) mass is 351 g/mol. The quantitative estimate of drug-likeness (QED) is 0.893. The highest BCUT2D eigenvalue weighted by Crippen LogP contribution is 2.36. The Kier molecular flexibility index (Phi) is 4.39. The number of hydrogen-bond acceptors (Lipinski definition) is 2. The summed E-state index contributed by atoms with van der Waals surface area (Å²) >= 11 is 3.33. The second kappa shape index (κ2) is 5.73. The zero-order chi connectivity index (χ0) is 14.9. The molecule has 1 aliphatic rings. The molecule has 1 N–H and O–H groups in total. The molecular formula is C13H13BrF3NO2. The van der Waals surface area contributed by atoms with E-state index in [1.807, 2.05) is 19.1 Å². The molecule has 0 saturated heterocycles. The van der Waals surface area contributed by atoms with E-state index in [1.54, 1.807) is 6.07 Å². The number of halogens is 4. The van der Waals surface area contributed by atoms with Crippen LogP contribution in [0.5, 0.6) is 0 Å². The van der Waals surface area contributed by atoms with Crippen LogP contribution in [0.25, 0.3) is 0 Å². The molecule has 1 fully saturated rings. The molecule has 0 bridgehead atoms. The molecule has 110 valence electrons. The van der Waals surface area contributed by atoms with Gasteiger partial charge >= 0.3 is 6.36 Å². The van der Waals surface area contributed by atoms with Gasteiger partial charge in [0.15, 0.2) is 0 Å². The van der Waals surface area contributed by atoms with E-state index in [0.29, 0.717) is 5.69 Å². The van der Waals surface area contributed by atoms with Crippen LogP contribution in [0.1, 0.15) is 18.4 Å². The topological polar surface area (TPSA) is 38.3 Å². The molecule has 3 nitrogen and oxygen atoms in total. The molecule has 1 aromatic rings. The Hall–Kier alpha value is -1.08. The lowest BCUT2D eigenvalue weighted by Crippen LogP contribution is -2.41. The Balaban J connectivity index is 1.85. The number of rotatable bonds is 3. The first-order valence-corrected chi connectivity index (χ1v) is 6.85. The molecule has 2 rings (SSSR count). The van der Waals surface area contributed by atoms with Gasteiger partial charge < -0.3 is 5.32 Å². The molecule has 0 aromatic heterocycles. The van der Waals surface area contributed by atoms with Crippen LogP contribution in [0.15, 0.2) is 22.7 Å². The summed E-state index contributed by atoms with van der Waals surface area (Å²) in [6, 6.07) is 5.45. The summed E-state index contributed by atoms with van der Waals surface area (Å²) in [6.07, 6.45) is -5.36. The van der Waals surface area contributed by atoms with Gasteiger partial charge in [-0.05, 0) is 53.4 Å². The summed E-state index contributed by atoms with van der Waals surface area (Å²) in [5.74, 6) is -0.716. The van der Waals surface area contributed by atoms with E-state index >= 15 is 0 Å². The van der Waals surface area contributed by atoms with Crippen molar-refractivity contribution in [3.63, 3.8) is 0 Å². The Morgan fingerprint density at radius 3 is 2.60 bits per heavy atom. The molecule has 7 heteroatoms. The Bertz CT molecular complexity index is 513. The van der Waals surface area contributed by atoms with Gasteiger partial charge in [-0.25, -0.2) is 0 Å². The van der Waals surface area contributed by atoms with Gasteiger partial charge in [0.1, 0.15) is 0 Å². The van der Waals surface area contributed by atoms with Crippen LogP contribution in [-0.4, -0.2) is 18.4 Å². The van der Waals surface area contributed by atoms with Crippen molar-refractivity contribution in [2.24, 2.45) is 5.92 Å². The zero-order valence-electron chi connectivity index (χ0n) is 10.6. The highest BCUT2D eigenvalue weighted by atomic mass is 79.9. The van der Waals surface area contributed by atoms with E-state index in [2.05, 4.69) is 26.0 Å². The molecule has 1 saturated carbocycles. The van der Waals surface area contributed by atoms with Crippen molar-refractivity contribution in [3.8, 4) is 0 Å². The highest BCUT2D eigenvalue weighted by Gasteiger charge is 2.42. The van der Waals surface area contributed by atoms with E-state index < -0.39 is 18.4 Å². The second-order valence-electron chi connectivity index (χ2n) is 4.83. The molecule has 1 aliphatic carbocycles. The number of nitrogens with one attached hydrogen (secondary N) is 1. The average Bonchev–Trinajstić information content (AvgIpc) is 2.25. The van der Waals surface area contributed by atoms with Crippen molar-refractivity contribution in [2.45, 2.75) is 32.2 Å². The molecule has 0 atom stereocenters. The largest absolute Gasteiger partial charge is 0.522 e. The first kappa shape index (κ1) is 15.3. The first-order valence-electron chi connectivity index (χ1n) is 6.06. The van der Waals surface area contributed by atoms with Crippen molar-refractivity contribution in [2.75, 3.05) is 5.32 Å². The minimum Gasteiger partial charge on any atom is -0.325 e. The highest BCUT2D eigenvalue weighted by molar-refractivity contribution is 9.10. The fourth-order valence-corrected chi connectivity index (χ4v) is 2.61. The Morgan fingerprint density at radius 2 is 2.05 bits per heavy atom. The fourth-order valence-electron chi connectivity index (χ4n) is 2.02. The molecule has 0 spiro atoms. The SMILES string of the molecule is Cc1ccc(NC(=O)C2CC(OC(F)(F)F)C2)c(Br)c1. The maximum Gasteiger partial charge on any atom is 0.522 e. The Labute approximate surface area is 122 Å². The summed E-state index contributed by atoms with van der Waals surface area (Å²) < 4.78 is 40.5. The summed E-state index contributed by atoms with van der Waals surface area (Å²) in [5.41, 5.74) is 1.65. The van der Waals surface area contributed by atoms with Gasteiger partial charge in [-0.3, -0.25) is 9.53 Å². The number of alkyl halides is 3. The minimum atomic E-state index is -4.63. The van der Waals surface area contributed by atoms with Gasteiger partial charge in [0.25, 0.3) is 0 Å². The molecule has 0 heterocycles. The maximum atomic E-state index is 12.0. The molecule has 0 unspecified atom stereocenters. The van der Waals surface area contributed by atoms with Crippen molar-refractivity contribution in [1.82, 2.24) is 0 Å². The third-order valence-corrected chi connectivity index (χ3v) is 3.80. The average molecular weight is 352 g/mol. The second-order valence-corrected chi connectivity index (χ2v) is 5.68. The van der Waals surface area contributed by atoms with Crippen molar-refractivity contribution >= 4 is 27.5 Å². The van der Waals surface area contributed by atoms with Crippen LogP contribution in [-0.2, 0) is 9.53 Å². The Morgan fingerprint density at radius 1 is 1.40 bits per heavy atom. The molecule has 1 aromatic carbocycles.